The SMILES string of the molecule is Cc1ccc(-n2nnnc2S[C@@H](C)C(=O)NCCc2ccc(F)cc2)cc1. The van der Waals surface area contributed by atoms with Crippen LogP contribution in [-0.4, -0.2) is 37.9 Å². The summed E-state index contributed by atoms with van der Waals surface area (Å²) in [6, 6.07) is 14.1. The van der Waals surface area contributed by atoms with Crippen molar-refractivity contribution in [1.82, 2.24) is 25.5 Å². The number of hydrogen-bond donors (Lipinski definition) is 1. The second-order valence-electron chi connectivity index (χ2n) is 6.14. The van der Waals surface area contributed by atoms with Crippen molar-refractivity contribution in [2.24, 2.45) is 0 Å². The first kappa shape index (κ1) is 19.0. The molecule has 3 rings (SSSR count). The maximum Gasteiger partial charge on any atom is 0.233 e. The largest absolute Gasteiger partial charge is 0.355 e. The Morgan fingerprint density at radius 1 is 1.19 bits per heavy atom. The van der Waals surface area contributed by atoms with Crippen LogP contribution >= 0.6 is 11.8 Å². The summed E-state index contributed by atoms with van der Waals surface area (Å²) in [4.78, 5) is 12.3. The molecule has 1 aromatic heterocycles. The van der Waals surface area contributed by atoms with Crippen molar-refractivity contribution in [2.45, 2.75) is 30.7 Å². The molecule has 8 heteroatoms. The lowest BCUT2D eigenvalue weighted by molar-refractivity contribution is -0.120. The van der Waals surface area contributed by atoms with Gasteiger partial charge in [0.1, 0.15) is 5.82 Å². The molecule has 0 radical (unpaired) electrons. The van der Waals surface area contributed by atoms with E-state index in [-0.39, 0.29) is 17.0 Å². The molecule has 0 saturated carbocycles. The number of rotatable bonds is 7. The van der Waals surface area contributed by atoms with Crippen LogP contribution in [0, 0.1) is 12.7 Å². The minimum absolute atomic E-state index is 0.0967. The number of aromatic nitrogens is 4. The van der Waals surface area contributed by atoms with Gasteiger partial charge in [0.05, 0.1) is 10.9 Å². The third-order valence-electron chi connectivity index (χ3n) is 4.00. The Morgan fingerprint density at radius 2 is 1.89 bits per heavy atom. The van der Waals surface area contributed by atoms with Crippen molar-refractivity contribution < 1.29 is 9.18 Å². The van der Waals surface area contributed by atoms with Crippen LogP contribution < -0.4 is 5.32 Å². The Kier molecular flexibility index (Phi) is 6.18. The molecular weight excluding hydrogens is 365 g/mol. The molecular formula is C19H20FN5OS. The highest BCUT2D eigenvalue weighted by Crippen LogP contribution is 2.23. The Morgan fingerprint density at radius 3 is 2.59 bits per heavy atom. The molecule has 1 heterocycles. The van der Waals surface area contributed by atoms with E-state index in [1.165, 1.54) is 23.9 Å². The van der Waals surface area contributed by atoms with Gasteiger partial charge in [-0.05, 0) is 60.5 Å². The Labute approximate surface area is 161 Å². The number of carbonyl (C=O) groups is 1. The van der Waals surface area contributed by atoms with E-state index in [1.54, 1.807) is 16.8 Å². The Hall–Kier alpha value is -2.74. The Balaban J connectivity index is 1.55. The first-order chi connectivity index (χ1) is 13.0. The molecule has 3 aromatic rings. The van der Waals surface area contributed by atoms with Crippen LogP contribution in [0.25, 0.3) is 5.69 Å². The summed E-state index contributed by atoms with van der Waals surface area (Å²) in [5, 5.41) is 14.9. The zero-order valence-corrected chi connectivity index (χ0v) is 15.9. The minimum atomic E-state index is -0.353. The highest BCUT2D eigenvalue weighted by molar-refractivity contribution is 8.00. The predicted octanol–water partition coefficient (Wildman–Crippen LogP) is 2.95. The van der Waals surface area contributed by atoms with E-state index < -0.39 is 0 Å². The fourth-order valence-electron chi connectivity index (χ4n) is 2.44. The van der Waals surface area contributed by atoms with Gasteiger partial charge in [0.15, 0.2) is 0 Å². The molecule has 0 saturated heterocycles. The number of hydrogen-bond acceptors (Lipinski definition) is 5. The minimum Gasteiger partial charge on any atom is -0.355 e. The monoisotopic (exact) mass is 385 g/mol. The van der Waals surface area contributed by atoms with Gasteiger partial charge in [-0.1, -0.05) is 41.6 Å². The van der Waals surface area contributed by atoms with Crippen molar-refractivity contribution in [3.8, 4) is 5.69 Å². The number of halogens is 1. The van der Waals surface area contributed by atoms with E-state index in [0.717, 1.165) is 16.8 Å². The molecule has 0 unspecified atom stereocenters. The molecule has 1 N–H and O–H groups in total. The van der Waals surface area contributed by atoms with Gasteiger partial charge in [-0.3, -0.25) is 4.79 Å². The van der Waals surface area contributed by atoms with Gasteiger partial charge in [0.25, 0.3) is 0 Å². The number of thioether (sulfide) groups is 1. The van der Waals surface area contributed by atoms with Crippen LogP contribution in [0.1, 0.15) is 18.1 Å². The molecule has 0 fully saturated rings. The van der Waals surface area contributed by atoms with E-state index in [1.807, 2.05) is 38.1 Å². The van der Waals surface area contributed by atoms with Gasteiger partial charge in [0.2, 0.25) is 11.1 Å². The van der Waals surface area contributed by atoms with E-state index in [4.69, 9.17) is 0 Å². The second-order valence-corrected chi connectivity index (χ2v) is 7.44. The van der Waals surface area contributed by atoms with Gasteiger partial charge in [-0.15, -0.1) is 5.10 Å². The quantitative estimate of drug-likeness (QED) is 0.633. The fraction of sp³-hybridized carbons (Fsp3) is 0.263. The summed E-state index contributed by atoms with van der Waals surface area (Å²) in [7, 11) is 0. The first-order valence-corrected chi connectivity index (χ1v) is 9.45. The molecule has 6 nitrogen and oxygen atoms in total. The zero-order chi connectivity index (χ0) is 19.2. The maximum absolute atomic E-state index is 12.9. The Bertz CT molecular complexity index is 895. The standard InChI is InChI=1S/C19H20FN5OS/c1-13-3-9-17(10-4-13)25-19(22-23-24-25)27-14(2)18(26)21-12-11-15-5-7-16(20)8-6-15/h3-10,14H,11-12H2,1-2H3,(H,21,26)/t14-/m0/s1. The highest BCUT2D eigenvalue weighted by Gasteiger charge is 2.19. The first-order valence-electron chi connectivity index (χ1n) is 8.57. The van der Waals surface area contributed by atoms with Crippen LogP contribution in [-0.2, 0) is 11.2 Å². The van der Waals surface area contributed by atoms with Gasteiger partial charge in [-0.25, -0.2) is 4.39 Å². The third-order valence-corrected chi connectivity index (χ3v) is 5.03. The molecule has 140 valence electrons. The maximum atomic E-state index is 12.9. The lowest BCUT2D eigenvalue weighted by Gasteiger charge is -2.12. The van der Waals surface area contributed by atoms with E-state index in [0.29, 0.717) is 18.1 Å². The number of nitrogens with one attached hydrogen (secondary N) is 1. The van der Waals surface area contributed by atoms with Crippen LogP contribution in [0.4, 0.5) is 4.39 Å². The number of nitrogens with zero attached hydrogens (tertiary/aromatic N) is 4. The fourth-order valence-corrected chi connectivity index (χ4v) is 3.27. The normalized spacial score (nSPS) is 12.0. The van der Waals surface area contributed by atoms with Gasteiger partial charge in [0, 0.05) is 6.54 Å². The number of amides is 1. The average molecular weight is 385 g/mol. The van der Waals surface area contributed by atoms with Gasteiger partial charge < -0.3 is 5.32 Å². The smallest absolute Gasteiger partial charge is 0.233 e. The summed E-state index contributed by atoms with van der Waals surface area (Å²) in [6.07, 6.45) is 0.643. The van der Waals surface area contributed by atoms with Crippen molar-refractivity contribution in [3.05, 3.63) is 65.5 Å². The van der Waals surface area contributed by atoms with Crippen molar-refractivity contribution in [1.29, 1.82) is 0 Å². The molecule has 0 spiro atoms. The summed E-state index contributed by atoms with van der Waals surface area (Å²) in [5.41, 5.74) is 2.97. The van der Waals surface area contributed by atoms with E-state index in [2.05, 4.69) is 20.8 Å². The number of benzene rings is 2. The predicted molar refractivity (Wildman–Crippen MR) is 102 cm³/mol. The molecule has 0 aliphatic rings. The summed E-state index contributed by atoms with van der Waals surface area (Å²) < 4.78 is 14.5. The zero-order valence-electron chi connectivity index (χ0n) is 15.1. The number of carbonyl (C=O) groups excluding carboxylic acids is 1. The molecule has 27 heavy (non-hydrogen) atoms. The van der Waals surface area contributed by atoms with E-state index in [9.17, 15) is 9.18 Å². The van der Waals surface area contributed by atoms with E-state index >= 15 is 0 Å². The number of tetrazole rings is 1. The summed E-state index contributed by atoms with van der Waals surface area (Å²) in [5.74, 6) is -0.361. The molecule has 2 aromatic carbocycles. The summed E-state index contributed by atoms with van der Waals surface area (Å²) >= 11 is 1.30. The summed E-state index contributed by atoms with van der Waals surface area (Å²) in [6.45, 7) is 4.31. The lowest BCUT2D eigenvalue weighted by Crippen LogP contribution is -2.32. The molecule has 0 bridgehead atoms. The van der Waals surface area contributed by atoms with Gasteiger partial charge in [-0.2, -0.15) is 4.68 Å². The van der Waals surface area contributed by atoms with Crippen LogP contribution in [0.3, 0.4) is 0 Å². The average Bonchev–Trinajstić information content (AvgIpc) is 3.12. The molecule has 0 aliphatic heterocycles. The number of aryl methyl sites for hydroxylation is 1. The van der Waals surface area contributed by atoms with Crippen molar-refractivity contribution in [3.63, 3.8) is 0 Å². The van der Waals surface area contributed by atoms with Crippen molar-refractivity contribution in [2.75, 3.05) is 6.54 Å². The van der Waals surface area contributed by atoms with Crippen LogP contribution in [0.15, 0.2) is 53.7 Å². The lowest BCUT2D eigenvalue weighted by atomic mass is 10.1. The highest BCUT2D eigenvalue weighted by atomic mass is 32.2. The molecule has 0 aliphatic carbocycles. The third kappa shape index (κ3) is 5.13. The van der Waals surface area contributed by atoms with Crippen molar-refractivity contribution >= 4 is 17.7 Å². The molecule has 1 amide bonds. The van der Waals surface area contributed by atoms with Gasteiger partial charge >= 0.3 is 0 Å². The van der Waals surface area contributed by atoms with Crippen LogP contribution in [0.5, 0.6) is 0 Å². The topological polar surface area (TPSA) is 72.7 Å². The second kappa shape index (κ2) is 8.77. The van der Waals surface area contributed by atoms with Crippen LogP contribution in [0.2, 0.25) is 0 Å². The molecule has 1 atom stereocenters.